The van der Waals surface area contributed by atoms with Gasteiger partial charge in [0.25, 0.3) is 0 Å². The highest BCUT2D eigenvalue weighted by Gasteiger charge is 2.42. The van der Waals surface area contributed by atoms with E-state index in [0.717, 1.165) is 0 Å². The highest BCUT2D eigenvalue weighted by molar-refractivity contribution is 7.20. The highest BCUT2D eigenvalue weighted by atomic mass is 28.3. The lowest BCUT2D eigenvalue weighted by molar-refractivity contribution is 0.445. The monoisotopic (exact) mass is 824 g/mol. The maximum Gasteiger partial charge on any atom is 0.179 e. The van der Waals surface area contributed by atoms with E-state index in [9.17, 15) is 0 Å². The van der Waals surface area contributed by atoms with E-state index in [4.69, 9.17) is 0 Å². The second kappa shape index (κ2) is 15.6. The summed E-state index contributed by atoms with van der Waals surface area (Å²) in [7, 11) is -2.90. The minimum Gasteiger partial charge on any atom is -0.309 e. The van der Waals surface area contributed by atoms with E-state index in [0.29, 0.717) is 5.92 Å². The molecule has 0 saturated heterocycles. The van der Waals surface area contributed by atoms with Crippen LogP contribution in [-0.2, 0) is 0 Å². The van der Waals surface area contributed by atoms with Gasteiger partial charge in [-0.3, -0.25) is 0 Å². The molecule has 302 valence electrons. The molecule has 2 aromatic heterocycles. The SMILES string of the molecule is c1ccc(-c2cccc([Si](c3ccccc3)(c3ccccc3)c3cccc(-n4c5ccc(-n6c7ccccc7c7ccccc76)cc5c5cccc(C6CCCCC6)c54)c3)c2)cc1. The van der Waals surface area contributed by atoms with Crippen molar-refractivity contribution < 1.29 is 0 Å². The molecule has 1 saturated carbocycles. The molecule has 0 N–H and O–H groups in total. The summed E-state index contributed by atoms with van der Waals surface area (Å²) >= 11 is 0. The number of fused-ring (bicyclic) bond motifs is 6. The lowest BCUT2D eigenvalue weighted by atomic mass is 9.83. The standard InChI is InChI=1S/C60H48N2Si/c1-5-20-43(21-6-1)45-24-17-30-50(40-45)63(48-26-9-3-10-27-48,49-28-11-4-12-29-49)51-31-18-25-46(41-51)62-59-39-38-47(61-57-36-15-13-32-53(57)54-33-14-16-37-58(54)61)42-56(59)55-35-19-34-52(60(55)62)44-22-7-2-8-23-44/h1,3-6,9-21,24-42,44H,2,7-8,22-23H2. The molecule has 3 heteroatoms. The van der Waals surface area contributed by atoms with Gasteiger partial charge in [0.15, 0.2) is 8.07 Å². The third-order valence-electron chi connectivity index (χ3n) is 14.0. The largest absolute Gasteiger partial charge is 0.309 e. The van der Waals surface area contributed by atoms with Crippen molar-refractivity contribution in [2.75, 3.05) is 0 Å². The van der Waals surface area contributed by atoms with Gasteiger partial charge in [0.1, 0.15) is 0 Å². The first-order valence-corrected chi connectivity index (χ1v) is 24.7. The van der Waals surface area contributed by atoms with Crippen LogP contribution in [0.25, 0.3) is 66.1 Å². The number of hydrogen-bond acceptors (Lipinski definition) is 0. The summed E-state index contributed by atoms with van der Waals surface area (Å²) in [6.07, 6.45) is 6.39. The Balaban J connectivity index is 1.14. The van der Waals surface area contributed by atoms with Crippen LogP contribution in [0, 0.1) is 0 Å². The zero-order chi connectivity index (χ0) is 41.7. The number of para-hydroxylation sites is 3. The van der Waals surface area contributed by atoms with Gasteiger partial charge in [-0.1, -0.05) is 201 Å². The predicted octanol–water partition coefficient (Wildman–Crippen LogP) is 13.0. The first kappa shape index (κ1) is 37.5. The van der Waals surface area contributed by atoms with Crippen molar-refractivity contribution in [3.63, 3.8) is 0 Å². The summed E-state index contributed by atoms with van der Waals surface area (Å²) in [4.78, 5) is 0. The Labute approximate surface area is 370 Å². The summed E-state index contributed by atoms with van der Waals surface area (Å²) in [5.41, 5.74) is 11.4. The second-order valence-corrected chi connectivity index (χ2v) is 21.3. The van der Waals surface area contributed by atoms with Crippen LogP contribution >= 0.6 is 0 Å². The Kier molecular flexibility index (Phi) is 9.30. The normalized spacial score (nSPS) is 13.7. The Bertz CT molecular complexity index is 3340. The van der Waals surface area contributed by atoms with Gasteiger partial charge in [0, 0.05) is 32.9 Å². The molecule has 1 aliphatic rings. The molecule has 0 bridgehead atoms. The summed E-state index contributed by atoms with van der Waals surface area (Å²) in [6, 6.07) is 84.7. The number of hydrogen-bond donors (Lipinski definition) is 0. The van der Waals surface area contributed by atoms with Crippen molar-refractivity contribution in [1.29, 1.82) is 0 Å². The van der Waals surface area contributed by atoms with Gasteiger partial charge in [0.05, 0.1) is 22.1 Å². The van der Waals surface area contributed by atoms with Crippen LogP contribution in [0.3, 0.4) is 0 Å². The van der Waals surface area contributed by atoms with Crippen LogP contribution in [0.5, 0.6) is 0 Å². The van der Waals surface area contributed by atoms with Crippen molar-refractivity contribution in [3.05, 3.63) is 230 Å². The van der Waals surface area contributed by atoms with Gasteiger partial charge >= 0.3 is 0 Å². The minimum absolute atomic E-state index is 0.535. The molecule has 2 nitrogen and oxygen atoms in total. The van der Waals surface area contributed by atoms with Crippen molar-refractivity contribution in [2.45, 2.75) is 38.0 Å². The predicted molar refractivity (Wildman–Crippen MR) is 270 cm³/mol. The van der Waals surface area contributed by atoms with Crippen LogP contribution in [-0.4, -0.2) is 17.2 Å². The number of rotatable bonds is 8. The number of nitrogens with zero attached hydrogens (tertiary/aromatic N) is 2. The summed E-state index contributed by atoms with van der Waals surface area (Å²) in [6.45, 7) is 0. The van der Waals surface area contributed by atoms with Crippen LogP contribution in [0.2, 0.25) is 0 Å². The molecule has 11 aromatic rings. The maximum absolute atomic E-state index is 2.90. The molecule has 0 atom stereocenters. The molecule has 0 radical (unpaired) electrons. The maximum atomic E-state index is 2.63. The average Bonchev–Trinajstić information content (AvgIpc) is 3.88. The molecular weight excluding hydrogens is 777 g/mol. The lowest BCUT2D eigenvalue weighted by Crippen LogP contribution is -2.74. The van der Waals surface area contributed by atoms with Crippen molar-refractivity contribution >= 4 is 72.4 Å². The van der Waals surface area contributed by atoms with Crippen LogP contribution in [0.4, 0.5) is 0 Å². The first-order valence-electron chi connectivity index (χ1n) is 22.7. The fourth-order valence-corrected chi connectivity index (χ4v) is 16.1. The molecule has 0 aliphatic heterocycles. The topological polar surface area (TPSA) is 9.86 Å². The highest BCUT2D eigenvalue weighted by Crippen LogP contribution is 2.42. The fraction of sp³-hybridized carbons (Fsp3) is 0.100. The Morgan fingerprint density at radius 1 is 0.333 bits per heavy atom. The molecule has 0 amide bonds. The molecule has 2 heterocycles. The number of benzene rings is 9. The third kappa shape index (κ3) is 6.13. The molecule has 12 rings (SSSR count). The van der Waals surface area contributed by atoms with E-state index < -0.39 is 8.07 Å². The third-order valence-corrected chi connectivity index (χ3v) is 18.8. The first-order chi connectivity index (χ1) is 31.3. The summed E-state index contributed by atoms with van der Waals surface area (Å²) in [5.74, 6) is 0.535. The minimum atomic E-state index is -2.90. The lowest BCUT2D eigenvalue weighted by Gasteiger charge is -2.35. The van der Waals surface area contributed by atoms with Gasteiger partial charge in [-0.25, -0.2) is 0 Å². The van der Waals surface area contributed by atoms with Crippen molar-refractivity contribution in [1.82, 2.24) is 9.13 Å². The number of aromatic nitrogens is 2. The van der Waals surface area contributed by atoms with Crippen molar-refractivity contribution in [2.24, 2.45) is 0 Å². The van der Waals surface area contributed by atoms with E-state index in [-0.39, 0.29) is 0 Å². The van der Waals surface area contributed by atoms with Crippen LogP contribution in [0.15, 0.2) is 224 Å². The van der Waals surface area contributed by atoms with Gasteiger partial charge in [-0.15, -0.1) is 0 Å². The second-order valence-electron chi connectivity index (χ2n) is 17.5. The van der Waals surface area contributed by atoms with E-state index in [1.165, 1.54) is 125 Å². The Morgan fingerprint density at radius 2 is 0.841 bits per heavy atom. The smallest absolute Gasteiger partial charge is 0.179 e. The average molecular weight is 825 g/mol. The molecule has 0 spiro atoms. The van der Waals surface area contributed by atoms with E-state index in [1.54, 1.807) is 0 Å². The van der Waals surface area contributed by atoms with Crippen LogP contribution in [0.1, 0.15) is 43.6 Å². The van der Waals surface area contributed by atoms with Crippen molar-refractivity contribution in [3.8, 4) is 22.5 Å². The zero-order valence-corrected chi connectivity index (χ0v) is 36.4. The quantitative estimate of drug-likeness (QED) is 0.107. The van der Waals surface area contributed by atoms with Gasteiger partial charge in [-0.2, -0.15) is 0 Å². The summed E-state index contributed by atoms with van der Waals surface area (Å²) < 4.78 is 5.09. The zero-order valence-electron chi connectivity index (χ0n) is 35.4. The Hall–Kier alpha value is -7.20. The van der Waals surface area contributed by atoms with Gasteiger partial charge in [-0.05, 0) is 98.7 Å². The summed E-state index contributed by atoms with van der Waals surface area (Å²) in [5, 5.41) is 10.7. The van der Waals surface area contributed by atoms with E-state index >= 15 is 0 Å². The fourth-order valence-electron chi connectivity index (χ4n) is 11.3. The molecule has 9 aromatic carbocycles. The molecule has 1 fully saturated rings. The van der Waals surface area contributed by atoms with E-state index in [1.807, 2.05) is 0 Å². The molecule has 1 aliphatic carbocycles. The molecule has 63 heavy (non-hydrogen) atoms. The van der Waals surface area contributed by atoms with Gasteiger partial charge in [0.2, 0.25) is 0 Å². The van der Waals surface area contributed by atoms with Gasteiger partial charge < -0.3 is 9.13 Å². The van der Waals surface area contributed by atoms with E-state index in [2.05, 4.69) is 234 Å². The molecule has 0 unspecified atom stereocenters. The Morgan fingerprint density at radius 3 is 1.52 bits per heavy atom. The van der Waals surface area contributed by atoms with Crippen LogP contribution < -0.4 is 20.7 Å². The molecular formula is C60H48N2Si.